The number of hydrogen-bond acceptors (Lipinski definition) is 6. The van der Waals surface area contributed by atoms with Gasteiger partial charge in [0.15, 0.2) is 0 Å². The van der Waals surface area contributed by atoms with E-state index in [2.05, 4.69) is 20.8 Å². The topological polar surface area (TPSA) is 130 Å². The average molecular weight is 403 g/mol. The van der Waals surface area contributed by atoms with Crippen molar-refractivity contribution in [2.45, 2.75) is 13.1 Å². The van der Waals surface area contributed by atoms with Gasteiger partial charge in [0.2, 0.25) is 0 Å². The summed E-state index contributed by atoms with van der Waals surface area (Å²) < 4.78 is 1.38. The van der Waals surface area contributed by atoms with Gasteiger partial charge in [0.05, 0.1) is 5.56 Å². The SMILES string of the molecule is O=C(O)c1ccc(Cc2ccc3ccc(C(=O)NCn4cnnn4)cc3c2O)cc1. The summed E-state index contributed by atoms with van der Waals surface area (Å²) in [5.41, 5.74) is 2.15. The molecule has 0 spiro atoms. The van der Waals surface area contributed by atoms with Crippen molar-refractivity contribution in [3.05, 3.63) is 83.2 Å². The van der Waals surface area contributed by atoms with E-state index in [1.807, 2.05) is 12.1 Å². The third-order valence-electron chi connectivity index (χ3n) is 4.73. The van der Waals surface area contributed by atoms with Gasteiger partial charge in [-0.05, 0) is 51.2 Å². The van der Waals surface area contributed by atoms with Crippen LogP contribution in [0, 0.1) is 0 Å². The fourth-order valence-electron chi connectivity index (χ4n) is 3.13. The maximum Gasteiger partial charge on any atom is 0.335 e. The third-order valence-corrected chi connectivity index (χ3v) is 4.73. The lowest BCUT2D eigenvalue weighted by Gasteiger charge is -2.10. The van der Waals surface area contributed by atoms with E-state index >= 15 is 0 Å². The van der Waals surface area contributed by atoms with Gasteiger partial charge in [0.1, 0.15) is 18.7 Å². The number of rotatable bonds is 6. The number of carbonyl (C=O) groups excluding carboxylic acids is 1. The van der Waals surface area contributed by atoms with Crippen molar-refractivity contribution in [2.75, 3.05) is 0 Å². The maximum absolute atomic E-state index is 12.4. The first-order chi connectivity index (χ1) is 14.5. The van der Waals surface area contributed by atoms with Gasteiger partial charge >= 0.3 is 5.97 Å². The van der Waals surface area contributed by atoms with E-state index < -0.39 is 5.97 Å². The van der Waals surface area contributed by atoms with Crippen molar-refractivity contribution in [3.63, 3.8) is 0 Å². The Bertz CT molecular complexity index is 1220. The molecule has 150 valence electrons. The first-order valence-electron chi connectivity index (χ1n) is 9.07. The van der Waals surface area contributed by atoms with Crippen LogP contribution in [0.25, 0.3) is 10.8 Å². The van der Waals surface area contributed by atoms with Crippen LogP contribution in [-0.4, -0.2) is 42.3 Å². The van der Waals surface area contributed by atoms with Gasteiger partial charge in [0, 0.05) is 17.4 Å². The van der Waals surface area contributed by atoms with Crippen molar-refractivity contribution in [1.29, 1.82) is 0 Å². The Labute approximate surface area is 170 Å². The molecule has 9 heteroatoms. The van der Waals surface area contributed by atoms with Crippen molar-refractivity contribution in [2.24, 2.45) is 0 Å². The molecule has 0 aliphatic heterocycles. The number of amides is 1. The van der Waals surface area contributed by atoms with E-state index in [1.165, 1.54) is 23.1 Å². The lowest BCUT2D eigenvalue weighted by molar-refractivity contribution is 0.0696. The number of tetrazole rings is 1. The summed E-state index contributed by atoms with van der Waals surface area (Å²) in [6.07, 6.45) is 1.82. The van der Waals surface area contributed by atoms with E-state index in [0.717, 1.165) is 10.9 Å². The number of carbonyl (C=O) groups is 2. The van der Waals surface area contributed by atoms with Gasteiger partial charge in [-0.1, -0.05) is 30.3 Å². The first kappa shape index (κ1) is 19.1. The predicted molar refractivity (Wildman–Crippen MR) is 107 cm³/mol. The minimum absolute atomic E-state index is 0.0879. The summed E-state index contributed by atoms with van der Waals surface area (Å²) in [4.78, 5) is 23.4. The van der Waals surface area contributed by atoms with Crippen LogP contribution in [0.15, 0.2) is 60.9 Å². The molecule has 4 aromatic rings. The van der Waals surface area contributed by atoms with Gasteiger partial charge < -0.3 is 15.5 Å². The molecular formula is C21H17N5O4. The number of nitrogens with zero attached hydrogens (tertiary/aromatic N) is 4. The number of aromatic hydroxyl groups is 1. The van der Waals surface area contributed by atoms with E-state index in [0.29, 0.717) is 22.9 Å². The Hall–Kier alpha value is -4.27. The number of fused-ring (bicyclic) bond motifs is 1. The number of nitrogens with one attached hydrogen (secondary N) is 1. The molecule has 1 amide bonds. The summed E-state index contributed by atoms with van der Waals surface area (Å²) in [6, 6.07) is 15.3. The molecule has 1 aromatic heterocycles. The van der Waals surface area contributed by atoms with Crippen molar-refractivity contribution >= 4 is 22.6 Å². The largest absolute Gasteiger partial charge is 0.507 e. The van der Waals surface area contributed by atoms with Crippen LogP contribution in [0.4, 0.5) is 0 Å². The Morgan fingerprint density at radius 1 is 1.00 bits per heavy atom. The van der Waals surface area contributed by atoms with Crippen LogP contribution in [0.1, 0.15) is 31.8 Å². The molecule has 3 N–H and O–H groups in total. The van der Waals surface area contributed by atoms with Crippen LogP contribution in [0.3, 0.4) is 0 Å². The Morgan fingerprint density at radius 3 is 2.43 bits per heavy atom. The Morgan fingerprint density at radius 2 is 1.73 bits per heavy atom. The fraction of sp³-hybridized carbons (Fsp3) is 0.0952. The highest BCUT2D eigenvalue weighted by Crippen LogP contribution is 2.31. The van der Waals surface area contributed by atoms with Gasteiger partial charge in [0.25, 0.3) is 5.91 Å². The van der Waals surface area contributed by atoms with Crippen molar-refractivity contribution in [1.82, 2.24) is 25.5 Å². The zero-order valence-electron chi connectivity index (χ0n) is 15.7. The molecule has 9 nitrogen and oxygen atoms in total. The molecule has 0 bridgehead atoms. The molecule has 1 heterocycles. The smallest absolute Gasteiger partial charge is 0.335 e. The zero-order valence-corrected chi connectivity index (χ0v) is 15.7. The molecule has 30 heavy (non-hydrogen) atoms. The standard InChI is InChI=1S/C21H17N5O4/c27-19-16(9-13-1-3-15(4-2-13)21(29)30)7-5-14-6-8-17(10-18(14)19)20(28)22-11-26-12-23-24-25-26/h1-8,10,12,27H,9,11H2,(H,22,28)(H,29,30). The second kappa shape index (κ2) is 8.00. The number of aromatic carboxylic acids is 1. The fourth-order valence-corrected chi connectivity index (χ4v) is 3.13. The summed E-state index contributed by atoms with van der Waals surface area (Å²) in [5.74, 6) is -1.22. The monoisotopic (exact) mass is 403 g/mol. The average Bonchev–Trinajstić information content (AvgIpc) is 3.28. The molecule has 4 rings (SSSR count). The van der Waals surface area contributed by atoms with Crippen LogP contribution in [0.5, 0.6) is 5.75 Å². The van der Waals surface area contributed by atoms with E-state index in [9.17, 15) is 14.7 Å². The first-order valence-corrected chi connectivity index (χ1v) is 9.07. The van der Waals surface area contributed by atoms with Crippen LogP contribution < -0.4 is 5.32 Å². The van der Waals surface area contributed by atoms with E-state index in [4.69, 9.17) is 5.11 Å². The number of aromatic nitrogens is 4. The van der Waals surface area contributed by atoms with Gasteiger partial charge in [-0.3, -0.25) is 4.79 Å². The number of phenols is 1. The normalized spacial score (nSPS) is 10.8. The highest BCUT2D eigenvalue weighted by atomic mass is 16.4. The van der Waals surface area contributed by atoms with Crippen molar-refractivity contribution < 1.29 is 19.8 Å². The minimum Gasteiger partial charge on any atom is -0.507 e. The number of carboxylic acid groups (broad SMARTS) is 1. The molecular weight excluding hydrogens is 386 g/mol. The predicted octanol–water partition coefficient (Wildman–Crippen LogP) is 2.21. The highest BCUT2D eigenvalue weighted by Gasteiger charge is 2.12. The zero-order chi connectivity index (χ0) is 21.1. The van der Waals surface area contributed by atoms with E-state index in [1.54, 1.807) is 30.3 Å². The Balaban J connectivity index is 1.57. The Kier molecular flexibility index (Phi) is 5.08. The molecule has 0 atom stereocenters. The number of carboxylic acids is 1. The molecule has 0 aliphatic carbocycles. The summed E-state index contributed by atoms with van der Waals surface area (Å²) in [5, 5.41) is 34.5. The molecule has 0 saturated carbocycles. The maximum atomic E-state index is 12.4. The molecule has 0 aliphatic rings. The second-order valence-electron chi connectivity index (χ2n) is 6.70. The summed E-state index contributed by atoms with van der Waals surface area (Å²) in [6.45, 7) is 0.127. The van der Waals surface area contributed by atoms with E-state index in [-0.39, 0.29) is 23.9 Å². The molecule has 0 saturated heterocycles. The molecule has 3 aromatic carbocycles. The molecule has 0 fully saturated rings. The van der Waals surface area contributed by atoms with Crippen LogP contribution in [0.2, 0.25) is 0 Å². The van der Waals surface area contributed by atoms with Crippen LogP contribution in [-0.2, 0) is 13.1 Å². The summed E-state index contributed by atoms with van der Waals surface area (Å²) >= 11 is 0. The quantitative estimate of drug-likeness (QED) is 0.450. The number of phenolic OH excluding ortho intramolecular Hbond substituents is 1. The van der Waals surface area contributed by atoms with Gasteiger partial charge in [-0.2, -0.15) is 0 Å². The van der Waals surface area contributed by atoms with Crippen molar-refractivity contribution in [3.8, 4) is 5.75 Å². The summed E-state index contributed by atoms with van der Waals surface area (Å²) in [7, 11) is 0. The van der Waals surface area contributed by atoms with Crippen LogP contribution >= 0.6 is 0 Å². The number of benzene rings is 3. The minimum atomic E-state index is -0.985. The second-order valence-corrected chi connectivity index (χ2v) is 6.70. The van der Waals surface area contributed by atoms with Gasteiger partial charge in [-0.25, -0.2) is 9.48 Å². The molecule has 0 unspecified atom stereocenters. The lowest BCUT2D eigenvalue weighted by atomic mass is 9.98. The lowest BCUT2D eigenvalue weighted by Crippen LogP contribution is -2.26. The molecule has 0 radical (unpaired) electrons. The van der Waals surface area contributed by atoms with Gasteiger partial charge in [-0.15, -0.1) is 5.10 Å². The third kappa shape index (κ3) is 3.95. The highest BCUT2D eigenvalue weighted by molar-refractivity contribution is 6.00. The number of hydrogen-bond donors (Lipinski definition) is 3.